The molecule has 0 bridgehead atoms. The van der Waals surface area contributed by atoms with Gasteiger partial charge in [0.15, 0.2) is 0 Å². The lowest BCUT2D eigenvalue weighted by molar-refractivity contribution is 0.0956. The lowest BCUT2D eigenvalue weighted by Crippen LogP contribution is -2.22. The van der Waals surface area contributed by atoms with Gasteiger partial charge in [-0.05, 0) is 49.3 Å². The first kappa shape index (κ1) is 18.0. The van der Waals surface area contributed by atoms with Gasteiger partial charge in [-0.3, -0.25) is 4.79 Å². The Labute approximate surface area is 163 Å². The summed E-state index contributed by atoms with van der Waals surface area (Å²) in [6.07, 6.45) is 4.49. The molecule has 1 aromatic carbocycles. The van der Waals surface area contributed by atoms with E-state index < -0.39 is 0 Å². The Bertz CT molecular complexity index is 991. The average molecular weight is 380 g/mol. The van der Waals surface area contributed by atoms with Crippen LogP contribution < -0.4 is 11.1 Å². The third-order valence-electron chi connectivity index (χ3n) is 5.54. The molecule has 0 radical (unpaired) electrons. The first-order chi connectivity index (χ1) is 13.0. The number of rotatable bonds is 4. The molecular formula is C22H25N3OS. The molecule has 3 aromatic rings. The molecule has 1 aliphatic carbocycles. The van der Waals surface area contributed by atoms with Gasteiger partial charge in [0, 0.05) is 17.6 Å². The fraction of sp³-hybridized carbons (Fsp3) is 0.364. The van der Waals surface area contributed by atoms with Gasteiger partial charge in [-0.25, -0.2) is 4.98 Å². The second-order valence-electron chi connectivity index (χ2n) is 7.48. The van der Waals surface area contributed by atoms with Gasteiger partial charge in [0.2, 0.25) is 0 Å². The summed E-state index contributed by atoms with van der Waals surface area (Å²) in [5.74, 6) is 0.606. The number of nitrogens with two attached hydrogens (primary N) is 1. The minimum absolute atomic E-state index is 0.125. The number of nitrogen functional groups attached to an aromatic ring is 1. The number of nitrogens with zero attached hydrogens (tertiary/aromatic N) is 1. The third kappa shape index (κ3) is 3.56. The third-order valence-corrected chi connectivity index (χ3v) is 6.66. The predicted molar refractivity (Wildman–Crippen MR) is 112 cm³/mol. The Balaban J connectivity index is 1.57. The maximum atomic E-state index is 12.7. The number of hydrogen-bond acceptors (Lipinski definition) is 4. The normalized spacial score (nSPS) is 16.3. The van der Waals surface area contributed by atoms with Crippen LogP contribution >= 0.6 is 11.3 Å². The molecule has 1 unspecified atom stereocenters. The highest BCUT2D eigenvalue weighted by molar-refractivity contribution is 7.21. The molecule has 2 aromatic heterocycles. The van der Waals surface area contributed by atoms with Crippen molar-refractivity contribution in [3.05, 3.63) is 57.6 Å². The molecule has 140 valence electrons. The number of aromatic nitrogens is 1. The minimum Gasteiger partial charge on any atom is -0.397 e. The molecule has 0 spiro atoms. The van der Waals surface area contributed by atoms with Crippen LogP contribution in [-0.4, -0.2) is 10.9 Å². The lowest BCUT2D eigenvalue weighted by Gasteiger charge is -2.22. The van der Waals surface area contributed by atoms with E-state index in [1.165, 1.54) is 41.0 Å². The van der Waals surface area contributed by atoms with Crippen LogP contribution in [0.3, 0.4) is 0 Å². The standard InChI is InChI=1S/C22H25N3OS/c1-3-14-8-9-18-16(10-14)11-17-19(23)20(27-22(17)25-18)21(26)24-12-15-6-4-13(2)5-7-15/h4-7,11,14H,3,8-10,12,23H2,1-2H3,(H,24,26). The van der Waals surface area contributed by atoms with Crippen LogP contribution in [0, 0.1) is 12.8 Å². The molecule has 5 heteroatoms. The number of thiophene rings is 1. The number of pyridine rings is 1. The van der Waals surface area contributed by atoms with E-state index in [0.717, 1.165) is 34.5 Å². The Morgan fingerprint density at radius 1 is 1.33 bits per heavy atom. The summed E-state index contributed by atoms with van der Waals surface area (Å²) >= 11 is 1.40. The van der Waals surface area contributed by atoms with Crippen LogP contribution in [0.25, 0.3) is 10.2 Å². The molecule has 0 aliphatic heterocycles. The molecule has 0 saturated heterocycles. The molecule has 4 rings (SSSR count). The number of aryl methyl sites for hydroxylation is 2. The second kappa shape index (κ2) is 7.31. The Hall–Kier alpha value is -2.40. The number of amides is 1. The molecule has 0 fully saturated rings. The summed E-state index contributed by atoms with van der Waals surface area (Å²) < 4.78 is 0. The molecular weight excluding hydrogens is 354 g/mol. The summed E-state index contributed by atoms with van der Waals surface area (Å²) in [5, 5.41) is 3.91. The maximum Gasteiger partial charge on any atom is 0.263 e. The fourth-order valence-corrected chi connectivity index (χ4v) is 4.76. The first-order valence-corrected chi connectivity index (χ1v) is 10.4. The molecule has 1 aliphatic rings. The summed E-state index contributed by atoms with van der Waals surface area (Å²) in [6.45, 7) is 4.79. The van der Waals surface area contributed by atoms with Crippen LogP contribution in [0.5, 0.6) is 0 Å². The van der Waals surface area contributed by atoms with Crippen molar-refractivity contribution in [1.29, 1.82) is 0 Å². The molecule has 4 nitrogen and oxygen atoms in total. The van der Waals surface area contributed by atoms with Crippen LogP contribution in [0.2, 0.25) is 0 Å². The number of carbonyl (C=O) groups is 1. The van der Waals surface area contributed by atoms with Crippen molar-refractivity contribution in [2.75, 3.05) is 5.73 Å². The quantitative estimate of drug-likeness (QED) is 0.694. The zero-order valence-electron chi connectivity index (χ0n) is 15.8. The number of benzene rings is 1. The number of fused-ring (bicyclic) bond motifs is 2. The van der Waals surface area contributed by atoms with E-state index in [4.69, 9.17) is 10.7 Å². The predicted octanol–water partition coefficient (Wildman–Crippen LogP) is 4.63. The van der Waals surface area contributed by atoms with Gasteiger partial charge in [-0.1, -0.05) is 43.2 Å². The maximum absolute atomic E-state index is 12.7. The van der Waals surface area contributed by atoms with Crippen molar-refractivity contribution in [3.8, 4) is 0 Å². The van der Waals surface area contributed by atoms with Crippen LogP contribution in [0.4, 0.5) is 5.69 Å². The van der Waals surface area contributed by atoms with E-state index in [0.29, 0.717) is 17.1 Å². The van der Waals surface area contributed by atoms with E-state index in [2.05, 4.69) is 25.2 Å². The second-order valence-corrected chi connectivity index (χ2v) is 8.48. The van der Waals surface area contributed by atoms with E-state index in [9.17, 15) is 4.79 Å². The van der Waals surface area contributed by atoms with E-state index >= 15 is 0 Å². The number of carbonyl (C=O) groups excluding carboxylic acids is 1. The van der Waals surface area contributed by atoms with E-state index in [1.54, 1.807) is 0 Å². The van der Waals surface area contributed by atoms with Gasteiger partial charge in [0.1, 0.15) is 9.71 Å². The van der Waals surface area contributed by atoms with Gasteiger partial charge >= 0.3 is 0 Å². The highest BCUT2D eigenvalue weighted by Crippen LogP contribution is 2.36. The summed E-state index contributed by atoms with van der Waals surface area (Å²) in [5.41, 5.74) is 11.7. The monoisotopic (exact) mass is 379 g/mol. The fourth-order valence-electron chi connectivity index (χ4n) is 3.75. The van der Waals surface area contributed by atoms with Crippen molar-refractivity contribution in [3.63, 3.8) is 0 Å². The molecule has 1 atom stereocenters. The van der Waals surface area contributed by atoms with Gasteiger partial charge in [-0.15, -0.1) is 11.3 Å². The average Bonchev–Trinajstić information content (AvgIpc) is 3.01. The number of anilines is 1. The van der Waals surface area contributed by atoms with Crippen LogP contribution in [-0.2, 0) is 19.4 Å². The molecule has 2 heterocycles. The lowest BCUT2D eigenvalue weighted by atomic mass is 9.85. The van der Waals surface area contributed by atoms with Crippen molar-refractivity contribution < 1.29 is 4.79 Å². The smallest absolute Gasteiger partial charge is 0.263 e. The molecule has 27 heavy (non-hydrogen) atoms. The molecule has 3 N–H and O–H groups in total. The Kier molecular flexibility index (Phi) is 4.87. The Morgan fingerprint density at radius 2 is 2.11 bits per heavy atom. The molecule has 0 saturated carbocycles. The minimum atomic E-state index is -0.125. The summed E-state index contributed by atoms with van der Waals surface area (Å²) in [7, 11) is 0. The number of hydrogen-bond donors (Lipinski definition) is 2. The van der Waals surface area contributed by atoms with Crippen molar-refractivity contribution in [2.45, 2.75) is 46.1 Å². The highest BCUT2D eigenvalue weighted by atomic mass is 32.1. The topological polar surface area (TPSA) is 68.0 Å². The van der Waals surface area contributed by atoms with Gasteiger partial charge < -0.3 is 11.1 Å². The number of nitrogens with one attached hydrogen (secondary N) is 1. The van der Waals surface area contributed by atoms with Crippen LogP contribution in [0.15, 0.2) is 30.3 Å². The Morgan fingerprint density at radius 3 is 2.85 bits per heavy atom. The van der Waals surface area contributed by atoms with E-state index in [-0.39, 0.29) is 5.91 Å². The van der Waals surface area contributed by atoms with Crippen molar-refractivity contribution >= 4 is 33.1 Å². The zero-order valence-corrected chi connectivity index (χ0v) is 16.7. The zero-order chi connectivity index (χ0) is 19.0. The van der Waals surface area contributed by atoms with Crippen molar-refractivity contribution in [1.82, 2.24) is 10.3 Å². The van der Waals surface area contributed by atoms with Crippen LogP contribution in [0.1, 0.15) is 51.8 Å². The summed E-state index contributed by atoms with van der Waals surface area (Å²) in [6, 6.07) is 10.3. The summed E-state index contributed by atoms with van der Waals surface area (Å²) in [4.78, 5) is 19.0. The highest BCUT2D eigenvalue weighted by Gasteiger charge is 2.23. The first-order valence-electron chi connectivity index (χ1n) is 9.59. The largest absolute Gasteiger partial charge is 0.397 e. The van der Waals surface area contributed by atoms with Gasteiger partial charge in [0.05, 0.1) is 5.69 Å². The van der Waals surface area contributed by atoms with E-state index in [1.807, 2.05) is 24.3 Å². The SMILES string of the molecule is CCC1CCc2nc3sc(C(=O)NCc4ccc(C)cc4)c(N)c3cc2C1. The van der Waals surface area contributed by atoms with Crippen molar-refractivity contribution in [2.24, 2.45) is 5.92 Å². The molecule has 1 amide bonds. The van der Waals surface area contributed by atoms with Gasteiger partial charge in [0.25, 0.3) is 5.91 Å². The van der Waals surface area contributed by atoms with Gasteiger partial charge in [-0.2, -0.15) is 0 Å².